The highest BCUT2D eigenvalue weighted by Crippen LogP contribution is 2.27. The summed E-state index contributed by atoms with van der Waals surface area (Å²) in [6.07, 6.45) is 4.56. The van der Waals surface area contributed by atoms with E-state index in [9.17, 15) is 9.59 Å². The Labute approximate surface area is 203 Å². The predicted molar refractivity (Wildman–Crippen MR) is 137 cm³/mol. The van der Waals surface area contributed by atoms with E-state index in [0.717, 1.165) is 28.8 Å². The average molecular weight is 509 g/mol. The van der Waals surface area contributed by atoms with Crippen LogP contribution in [0.3, 0.4) is 0 Å². The van der Waals surface area contributed by atoms with Crippen LogP contribution < -0.4 is 15.0 Å². The minimum Gasteiger partial charge on any atom is -0.492 e. The van der Waals surface area contributed by atoms with Crippen LogP contribution in [0.5, 0.6) is 5.75 Å². The molecule has 0 saturated heterocycles. The third kappa shape index (κ3) is 6.93. The van der Waals surface area contributed by atoms with Crippen LogP contribution in [-0.2, 0) is 0 Å². The molecule has 0 spiro atoms. The highest BCUT2D eigenvalue weighted by molar-refractivity contribution is 9.10. The van der Waals surface area contributed by atoms with E-state index in [1.807, 2.05) is 30.3 Å². The van der Waals surface area contributed by atoms with Crippen LogP contribution in [0.4, 0.5) is 11.4 Å². The van der Waals surface area contributed by atoms with Gasteiger partial charge in [0.25, 0.3) is 11.8 Å². The van der Waals surface area contributed by atoms with Gasteiger partial charge in [-0.2, -0.15) is 0 Å². The Morgan fingerprint density at radius 2 is 1.70 bits per heavy atom. The van der Waals surface area contributed by atoms with E-state index in [0.29, 0.717) is 23.4 Å². The zero-order valence-corrected chi connectivity index (χ0v) is 20.6. The predicted octanol–water partition coefficient (Wildman–Crippen LogP) is 6.94. The summed E-state index contributed by atoms with van der Waals surface area (Å²) < 4.78 is 6.55. The molecular weight excluding hydrogens is 480 g/mol. The van der Waals surface area contributed by atoms with Gasteiger partial charge in [0.1, 0.15) is 5.75 Å². The second-order valence-corrected chi connectivity index (χ2v) is 8.64. The van der Waals surface area contributed by atoms with E-state index < -0.39 is 0 Å². The summed E-state index contributed by atoms with van der Waals surface area (Å²) in [5, 5.41) is 2.87. The molecule has 3 aromatic carbocycles. The Bertz CT molecular complexity index is 1090. The minimum atomic E-state index is -0.258. The fraction of sp³-hybridized carbons (Fsp3) is 0.259. The number of unbranched alkanes of at least 4 members (excludes halogenated alkanes) is 3. The summed E-state index contributed by atoms with van der Waals surface area (Å²) in [6.45, 7) is 2.83. The molecule has 0 fully saturated rings. The highest BCUT2D eigenvalue weighted by Gasteiger charge is 2.15. The largest absolute Gasteiger partial charge is 0.492 e. The van der Waals surface area contributed by atoms with Gasteiger partial charge < -0.3 is 15.0 Å². The summed E-state index contributed by atoms with van der Waals surface area (Å²) in [6, 6.07) is 21.6. The fourth-order valence-corrected chi connectivity index (χ4v) is 3.86. The zero-order chi connectivity index (χ0) is 23.6. The van der Waals surface area contributed by atoms with Crippen LogP contribution in [-0.4, -0.2) is 25.5 Å². The van der Waals surface area contributed by atoms with Gasteiger partial charge in [0, 0.05) is 29.5 Å². The van der Waals surface area contributed by atoms with Crippen molar-refractivity contribution >= 4 is 39.1 Å². The van der Waals surface area contributed by atoms with Crippen molar-refractivity contribution in [2.24, 2.45) is 0 Å². The molecule has 0 bridgehead atoms. The molecule has 0 aliphatic heterocycles. The number of anilines is 2. The van der Waals surface area contributed by atoms with E-state index in [4.69, 9.17) is 4.74 Å². The van der Waals surface area contributed by atoms with Gasteiger partial charge in [-0.3, -0.25) is 9.59 Å². The Hall–Kier alpha value is -3.12. The van der Waals surface area contributed by atoms with Crippen molar-refractivity contribution in [2.45, 2.75) is 32.6 Å². The van der Waals surface area contributed by atoms with Crippen molar-refractivity contribution in [1.82, 2.24) is 0 Å². The van der Waals surface area contributed by atoms with Gasteiger partial charge in [-0.1, -0.05) is 50.5 Å². The molecule has 0 radical (unpaired) electrons. The Morgan fingerprint density at radius 3 is 2.42 bits per heavy atom. The molecule has 5 nitrogen and oxygen atoms in total. The first-order valence-electron chi connectivity index (χ1n) is 11.2. The molecule has 33 heavy (non-hydrogen) atoms. The summed E-state index contributed by atoms with van der Waals surface area (Å²) in [5.41, 5.74) is 2.35. The zero-order valence-electron chi connectivity index (χ0n) is 19.0. The number of nitrogens with one attached hydrogen (secondary N) is 1. The maximum Gasteiger partial charge on any atom is 0.258 e. The van der Waals surface area contributed by atoms with Crippen molar-refractivity contribution < 1.29 is 14.3 Å². The quantitative estimate of drug-likeness (QED) is 0.301. The third-order valence-electron chi connectivity index (χ3n) is 5.27. The highest BCUT2D eigenvalue weighted by atomic mass is 79.9. The van der Waals surface area contributed by atoms with Crippen molar-refractivity contribution in [3.8, 4) is 5.75 Å². The minimum absolute atomic E-state index is 0.152. The Balaban J connectivity index is 1.63. The van der Waals surface area contributed by atoms with E-state index in [2.05, 4.69) is 28.2 Å². The second kappa shape index (κ2) is 12.2. The molecule has 0 atom stereocenters. The van der Waals surface area contributed by atoms with E-state index in [1.165, 1.54) is 12.8 Å². The first-order valence-corrected chi connectivity index (χ1v) is 12.0. The maximum atomic E-state index is 12.9. The lowest BCUT2D eigenvalue weighted by atomic mass is 10.1. The number of nitrogens with zero attached hydrogens (tertiary/aromatic N) is 1. The van der Waals surface area contributed by atoms with Crippen molar-refractivity contribution in [3.63, 3.8) is 0 Å². The molecule has 6 heteroatoms. The Kier molecular flexibility index (Phi) is 9.07. The lowest BCUT2D eigenvalue weighted by molar-refractivity contribution is 0.0990. The van der Waals surface area contributed by atoms with Gasteiger partial charge in [0.15, 0.2) is 0 Å². The molecular formula is C27H29BrN2O3. The molecule has 0 aliphatic rings. The van der Waals surface area contributed by atoms with Crippen LogP contribution in [0.2, 0.25) is 0 Å². The van der Waals surface area contributed by atoms with Crippen molar-refractivity contribution in [2.75, 3.05) is 23.9 Å². The van der Waals surface area contributed by atoms with E-state index >= 15 is 0 Å². The maximum absolute atomic E-state index is 12.9. The number of rotatable bonds is 10. The van der Waals surface area contributed by atoms with Gasteiger partial charge in [-0.15, -0.1) is 0 Å². The second-order valence-electron chi connectivity index (χ2n) is 7.79. The molecule has 0 aliphatic carbocycles. The standard InChI is InChI=1S/C27H29BrN2O3/c1-3-4-5-9-17-33-25-16-15-20(19-24(25)28)26(31)29-22-12-10-11-21(18-22)27(32)30(2)23-13-7-6-8-14-23/h6-8,10-16,18-19H,3-5,9,17H2,1-2H3,(H,29,31). The summed E-state index contributed by atoms with van der Waals surface area (Å²) in [5.74, 6) is 0.311. The van der Waals surface area contributed by atoms with Crippen LogP contribution in [0.15, 0.2) is 77.3 Å². The lowest BCUT2D eigenvalue weighted by Crippen LogP contribution is -2.26. The monoisotopic (exact) mass is 508 g/mol. The molecule has 0 aromatic heterocycles. The number of ether oxygens (including phenoxy) is 1. The first-order chi connectivity index (χ1) is 16.0. The summed E-state index contributed by atoms with van der Waals surface area (Å²) >= 11 is 3.50. The van der Waals surface area contributed by atoms with Crippen molar-refractivity contribution in [1.29, 1.82) is 0 Å². The first kappa shape index (κ1) is 24.5. The smallest absolute Gasteiger partial charge is 0.258 e. The molecule has 1 N–H and O–H groups in total. The van der Waals surface area contributed by atoms with Gasteiger partial charge in [-0.25, -0.2) is 0 Å². The number of hydrogen-bond acceptors (Lipinski definition) is 3. The molecule has 0 heterocycles. The summed E-state index contributed by atoms with van der Waals surface area (Å²) in [4.78, 5) is 27.2. The number of benzene rings is 3. The number of carbonyl (C=O) groups excluding carboxylic acids is 2. The van der Waals surface area contributed by atoms with E-state index in [-0.39, 0.29) is 11.8 Å². The molecule has 172 valence electrons. The normalized spacial score (nSPS) is 10.5. The van der Waals surface area contributed by atoms with Crippen LogP contribution in [0.1, 0.15) is 53.3 Å². The Morgan fingerprint density at radius 1 is 0.909 bits per heavy atom. The van der Waals surface area contributed by atoms with Crippen LogP contribution in [0.25, 0.3) is 0 Å². The van der Waals surface area contributed by atoms with Gasteiger partial charge in [-0.05, 0) is 70.9 Å². The topological polar surface area (TPSA) is 58.6 Å². The SMILES string of the molecule is CCCCCCOc1ccc(C(=O)Nc2cccc(C(=O)N(C)c3ccccc3)c2)cc1Br. The number of amides is 2. The summed E-state index contributed by atoms with van der Waals surface area (Å²) in [7, 11) is 1.73. The molecule has 2 amide bonds. The molecule has 0 saturated carbocycles. The molecule has 3 aromatic rings. The average Bonchev–Trinajstić information content (AvgIpc) is 2.84. The number of para-hydroxylation sites is 1. The fourth-order valence-electron chi connectivity index (χ4n) is 3.37. The molecule has 0 unspecified atom stereocenters. The van der Waals surface area contributed by atoms with Gasteiger partial charge in [0.05, 0.1) is 11.1 Å². The van der Waals surface area contributed by atoms with Gasteiger partial charge >= 0.3 is 0 Å². The lowest BCUT2D eigenvalue weighted by Gasteiger charge is -2.17. The van der Waals surface area contributed by atoms with Gasteiger partial charge in [0.2, 0.25) is 0 Å². The van der Waals surface area contributed by atoms with E-state index in [1.54, 1.807) is 54.4 Å². The molecule has 3 rings (SSSR count). The number of hydrogen-bond donors (Lipinski definition) is 1. The third-order valence-corrected chi connectivity index (χ3v) is 5.88. The van der Waals surface area contributed by atoms with Crippen LogP contribution in [0, 0.1) is 0 Å². The number of carbonyl (C=O) groups is 2. The van der Waals surface area contributed by atoms with Crippen LogP contribution >= 0.6 is 15.9 Å². The number of halogens is 1. The van der Waals surface area contributed by atoms with Crippen molar-refractivity contribution in [3.05, 3.63) is 88.4 Å².